The number of hydrogen-bond acceptors (Lipinski definition) is 5. The monoisotopic (exact) mass is 521 g/mol. The topological polar surface area (TPSA) is 112 Å². The minimum absolute atomic E-state index is 0.0162. The van der Waals surface area contributed by atoms with Crippen LogP contribution in [0.2, 0.25) is 0 Å². The molecule has 0 aliphatic heterocycles. The van der Waals surface area contributed by atoms with Crippen LogP contribution in [0.3, 0.4) is 0 Å². The summed E-state index contributed by atoms with van der Waals surface area (Å²) in [6.07, 6.45) is 7.70. The Hall–Kier alpha value is -4.99. The predicted octanol–water partition coefficient (Wildman–Crippen LogP) is 6.25. The van der Waals surface area contributed by atoms with Crippen molar-refractivity contribution in [3.8, 4) is 33.8 Å². The Balaban J connectivity index is 1.29. The van der Waals surface area contributed by atoms with Crippen molar-refractivity contribution in [2.45, 2.75) is 19.3 Å². The van der Waals surface area contributed by atoms with Gasteiger partial charge in [0.2, 0.25) is 5.91 Å². The van der Waals surface area contributed by atoms with E-state index in [1.807, 2.05) is 12.1 Å². The Kier molecular flexibility index (Phi) is 5.39. The molecule has 1 amide bonds. The Morgan fingerprint density at radius 3 is 2.62 bits per heavy atom. The number of anilines is 1. The highest BCUT2D eigenvalue weighted by Crippen LogP contribution is 2.34. The number of H-pyrrole nitrogens is 2. The van der Waals surface area contributed by atoms with E-state index in [1.54, 1.807) is 36.8 Å². The second-order valence-electron chi connectivity index (χ2n) is 9.68. The van der Waals surface area contributed by atoms with Gasteiger partial charge in [-0.15, -0.1) is 0 Å². The van der Waals surface area contributed by atoms with Crippen molar-refractivity contribution < 1.29 is 13.6 Å². The molecule has 192 valence electrons. The van der Waals surface area contributed by atoms with Crippen molar-refractivity contribution in [2.75, 3.05) is 5.32 Å². The van der Waals surface area contributed by atoms with Gasteiger partial charge in [0.25, 0.3) is 0 Å². The summed E-state index contributed by atoms with van der Waals surface area (Å²) in [5.41, 5.74) is 5.20. The molecule has 1 aliphatic carbocycles. The number of aromatic amines is 2. The summed E-state index contributed by atoms with van der Waals surface area (Å²) in [7, 11) is 0. The quantitative estimate of drug-likeness (QED) is 0.248. The first-order valence-corrected chi connectivity index (χ1v) is 12.6. The highest BCUT2D eigenvalue weighted by atomic mass is 19.1. The largest absolute Gasteiger partial charge is 0.335 e. The number of halogens is 2. The average molecular weight is 522 g/mol. The van der Waals surface area contributed by atoms with E-state index in [9.17, 15) is 9.18 Å². The van der Waals surface area contributed by atoms with E-state index >= 15 is 4.39 Å². The van der Waals surface area contributed by atoms with E-state index in [2.05, 4.69) is 35.5 Å². The highest BCUT2D eigenvalue weighted by molar-refractivity contribution is 5.98. The van der Waals surface area contributed by atoms with Crippen molar-refractivity contribution in [2.24, 2.45) is 5.92 Å². The van der Waals surface area contributed by atoms with Crippen molar-refractivity contribution in [1.29, 1.82) is 0 Å². The maximum atomic E-state index is 15.2. The summed E-state index contributed by atoms with van der Waals surface area (Å²) in [5, 5.41) is 10.5. The van der Waals surface area contributed by atoms with Crippen LogP contribution in [0.4, 0.5) is 14.5 Å². The lowest BCUT2D eigenvalue weighted by Gasteiger charge is -2.24. The van der Waals surface area contributed by atoms with E-state index in [-0.39, 0.29) is 23.2 Å². The molecule has 10 heteroatoms. The van der Waals surface area contributed by atoms with E-state index in [0.29, 0.717) is 44.9 Å². The number of imidazole rings is 1. The van der Waals surface area contributed by atoms with Crippen molar-refractivity contribution in [1.82, 2.24) is 30.1 Å². The molecule has 4 aromatic heterocycles. The van der Waals surface area contributed by atoms with Gasteiger partial charge in [-0.2, -0.15) is 5.10 Å². The first-order chi connectivity index (χ1) is 19.0. The lowest BCUT2D eigenvalue weighted by Crippen LogP contribution is -2.28. The van der Waals surface area contributed by atoms with Gasteiger partial charge in [-0.1, -0.05) is 18.6 Å². The Bertz CT molecular complexity index is 1870. The number of amides is 1. The number of aromatic nitrogens is 6. The second-order valence-corrected chi connectivity index (χ2v) is 9.68. The fraction of sp³-hybridized carbons (Fsp3) is 0.138. The van der Waals surface area contributed by atoms with Gasteiger partial charge in [0.05, 0.1) is 17.4 Å². The van der Waals surface area contributed by atoms with Gasteiger partial charge in [0, 0.05) is 34.8 Å². The van der Waals surface area contributed by atoms with Gasteiger partial charge in [-0.05, 0) is 60.4 Å². The standard InChI is InChI=1S/C29H21F2N7O/c30-19-6-4-15(5-7-19)21-8-9-33-27-25(21)35-28(36-27)26-22-11-17(12-23(31)24(22)37-38-26)18-10-20(14-32-13-18)34-29(39)16-2-1-3-16/h4-14,16H,1-3H2,(H,34,39)(H,37,38)(H,33,35,36). The molecule has 0 atom stereocenters. The van der Waals surface area contributed by atoms with Crippen LogP contribution in [0, 0.1) is 17.6 Å². The molecule has 0 spiro atoms. The lowest BCUT2D eigenvalue weighted by molar-refractivity contribution is -0.122. The predicted molar refractivity (Wildman–Crippen MR) is 144 cm³/mol. The summed E-state index contributed by atoms with van der Waals surface area (Å²) in [6, 6.07) is 13.0. The van der Waals surface area contributed by atoms with Crippen LogP contribution in [0.25, 0.3) is 55.8 Å². The molecule has 7 rings (SSSR count). The Morgan fingerprint density at radius 2 is 1.82 bits per heavy atom. The first kappa shape index (κ1) is 23.2. The first-order valence-electron chi connectivity index (χ1n) is 12.6. The SMILES string of the molecule is O=C(Nc1cncc(-c2cc(F)c3n[nH]c(-c4nc5nccc(-c6ccc(F)cc6)c5[nH]4)c3c2)c1)C1CCC1. The van der Waals surface area contributed by atoms with E-state index in [0.717, 1.165) is 30.4 Å². The summed E-state index contributed by atoms with van der Waals surface area (Å²) < 4.78 is 28.7. The maximum absolute atomic E-state index is 15.2. The van der Waals surface area contributed by atoms with E-state index < -0.39 is 5.82 Å². The van der Waals surface area contributed by atoms with Crippen LogP contribution in [-0.4, -0.2) is 36.0 Å². The van der Waals surface area contributed by atoms with Crippen LogP contribution in [0.5, 0.6) is 0 Å². The molecule has 6 aromatic rings. The van der Waals surface area contributed by atoms with Crippen LogP contribution in [0.15, 0.2) is 67.1 Å². The number of nitrogens with one attached hydrogen (secondary N) is 3. The smallest absolute Gasteiger partial charge is 0.227 e. The highest BCUT2D eigenvalue weighted by Gasteiger charge is 2.25. The molecular weight excluding hydrogens is 500 g/mol. The van der Waals surface area contributed by atoms with Crippen molar-refractivity contribution in [3.05, 3.63) is 78.8 Å². The molecule has 2 aromatic carbocycles. The molecule has 4 heterocycles. The van der Waals surface area contributed by atoms with Crippen LogP contribution in [-0.2, 0) is 4.79 Å². The zero-order valence-electron chi connectivity index (χ0n) is 20.5. The number of carbonyl (C=O) groups excluding carboxylic acids is 1. The molecule has 8 nitrogen and oxygen atoms in total. The number of benzene rings is 2. The van der Waals surface area contributed by atoms with Gasteiger partial charge >= 0.3 is 0 Å². The molecule has 39 heavy (non-hydrogen) atoms. The van der Waals surface area contributed by atoms with Crippen LogP contribution >= 0.6 is 0 Å². The van der Waals surface area contributed by atoms with Gasteiger partial charge in [-0.3, -0.25) is 14.9 Å². The molecule has 1 fully saturated rings. The Morgan fingerprint density at radius 1 is 0.974 bits per heavy atom. The third kappa shape index (κ3) is 4.10. The zero-order valence-corrected chi connectivity index (χ0v) is 20.5. The third-order valence-electron chi connectivity index (χ3n) is 7.21. The molecule has 0 saturated heterocycles. The minimum atomic E-state index is -0.504. The molecule has 0 radical (unpaired) electrons. The average Bonchev–Trinajstić information content (AvgIpc) is 3.53. The maximum Gasteiger partial charge on any atom is 0.227 e. The zero-order chi connectivity index (χ0) is 26.5. The van der Waals surface area contributed by atoms with Gasteiger partial charge in [0.15, 0.2) is 17.3 Å². The van der Waals surface area contributed by atoms with Crippen molar-refractivity contribution >= 4 is 33.7 Å². The number of pyridine rings is 2. The van der Waals surface area contributed by atoms with Gasteiger partial charge in [0.1, 0.15) is 17.0 Å². The molecule has 0 unspecified atom stereocenters. The minimum Gasteiger partial charge on any atom is -0.335 e. The number of nitrogens with zero attached hydrogens (tertiary/aromatic N) is 4. The number of rotatable bonds is 5. The number of carbonyl (C=O) groups is 1. The van der Waals surface area contributed by atoms with Crippen LogP contribution in [0.1, 0.15) is 19.3 Å². The molecular formula is C29H21F2N7O. The second kappa shape index (κ2) is 9.09. The third-order valence-corrected chi connectivity index (χ3v) is 7.21. The Labute approximate surface area is 220 Å². The summed E-state index contributed by atoms with van der Waals surface area (Å²) >= 11 is 0. The summed E-state index contributed by atoms with van der Waals surface area (Å²) in [6.45, 7) is 0. The van der Waals surface area contributed by atoms with Crippen LogP contribution < -0.4 is 5.32 Å². The van der Waals surface area contributed by atoms with E-state index in [4.69, 9.17) is 0 Å². The molecule has 1 aliphatic rings. The molecule has 3 N–H and O–H groups in total. The van der Waals surface area contributed by atoms with Gasteiger partial charge in [-0.25, -0.2) is 18.7 Å². The fourth-order valence-corrected chi connectivity index (χ4v) is 4.90. The fourth-order valence-electron chi connectivity index (χ4n) is 4.90. The normalized spacial score (nSPS) is 13.6. The number of hydrogen-bond donors (Lipinski definition) is 3. The van der Waals surface area contributed by atoms with E-state index in [1.165, 1.54) is 18.2 Å². The summed E-state index contributed by atoms with van der Waals surface area (Å²) in [4.78, 5) is 28.9. The van der Waals surface area contributed by atoms with Crippen molar-refractivity contribution in [3.63, 3.8) is 0 Å². The number of fused-ring (bicyclic) bond motifs is 2. The molecule has 0 bridgehead atoms. The summed E-state index contributed by atoms with van der Waals surface area (Å²) in [5.74, 6) is -0.367. The lowest BCUT2D eigenvalue weighted by atomic mass is 9.85. The van der Waals surface area contributed by atoms with Gasteiger partial charge < -0.3 is 10.3 Å². The molecule has 1 saturated carbocycles.